The van der Waals surface area contributed by atoms with Crippen LogP contribution in [-0.4, -0.2) is 44.9 Å². The van der Waals surface area contributed by atoms with Crippen LogP contribution in [0.15, 0.2) is 41.3 Å². The van der Waals surface area contributed by atoms with E-state index in [1.165, 1.54) is 12.1 Å². The minimum atomic E-state index is -4.16. The number of amides is 1. The lowest BCUT2D eigenvalue weighted by Crippen LogP contribution is -2.53. The van der Waals surface area contributed by atoms with Crippen molar-refractivity contribution in [1.82, 2.24) is 9.62 Å². The zero-order chi connectivity index (χ0) is 24.2. The van der Waals surface area contributed by atoms with Gasteiger partial charge in [-0.05, 0) is 43.0 Å². The highest BCUT2D eigenvalue weighted by atomic mass is 35.5. The number of piperidine rings is 1. The van der Waals surface area contributed by atoms with Crippen LogP contribution in [0, 0.1) is 17.2 Å². The van der Waals surface area contributed by atoms with Gasteiger partial charge >= 0.3 is 0 Å². The number of benzene rings is 2. The van der Waals surface area contributed by atoms with E-state index < -0.39 is 16.1 Å². The van der Waals surface area contributed by atoms with Gasteiger partial charge in [0.15, 0.2) is 0 Å². The maximum absolute atomic E-state index is 13.3. The molecule has 176 valence electrons. The molecule has 1 heterocycles. The van der Waals surface area contributed by atoms with Gasteiger partial charge in [-0.25, -0.2) is 8.42 Å². The number of anilines is 2. The lowest BCUT2D eigenvalue weighted by atomic mass is 9.99. The van der Waals surface area contributed by atoms with Gasteiger partial charge in [0, 0.05) is 19.6 Å². The highest BCUT2D eigenvalue weighted by Crippen LogP contribution is 2.31. The second-order valence-corrected chi connectivity index (χ2v) is 10.5. The van der Waals surface area contributed by atoms with Crippen molar-refractivity contribution in [1.29, 1.82) is 5.26 Å². The van der Waals surface area contributed by atoms with Crippen molar-refractivity contribution in [3.63, 3.8) is 0 Å². The lowest BCUT2D eigenvalue weighted by Gasteiger charge is -2.33. The zero-order valence-corrected chi connectivity index (χ0v) is 20.3. The Labute approximate surface area is 203 Å². The first-order valence-corrected chi connectivity index (χ1v) is 12.6. The van der Waals surface area contributed by atoms with E-state index in [1.807, 2.05) is 0 Å². The molecule has 1 fully saturated rings. The van der Waals surface area contributed by atoms with Crippen molar-refractivity contribution in [2.24, 2.45) is 5.92 Å². The van der Waals surface area contributed by atoms with E-state index in [9.17, 15) is 18.5 Å². The molecule has 2 aromatic carbocycles. The van der Waals surface area contributed by atoms with Crippen LogP contribution in [0.5, 0.6) is 0 Å². The van der Waals surface area contributed by atoms with E-state index in [2.05, 4.69) is 23.0 Å². The van der Waals surface area contributed by atoms with E-state index in [-0.39, 0.29) is 33.1 Å². The predicted octanol–water partition coefficient (Wildman–Crippen LogP) is 3.46. The summed E-state index contributed by atoms with van der Waals surface area (Å²) in [6.07, 6.45) is 1.69. The summed E-state index contributed by atoms with van der Waals surface area (Å²) in [7, 11) is -4.16. The predicted molar refractivity (Wildman–Crippen MR) is 130 cm³/mol. The Morgan fingerprint density at radius 2 is 1.85 bits per heavy atom. The Morgan fingerprint density at radius 1 is 1.24 bits per heavy atom. The number of carbonyl (C=O) groups excluding carboxylic acids is 1. The van der Waals surface area contributed by atoms with Crippen LogP contribution >= 0.6 is 23.2 Å². The number of carbonyl (C=O) groups is 1. The number of sulfonamides is 1. The van der Waals surface area contributed by atoms with Gasteiger partial charge < -0.3 is 16.0 Å². The smallest absolute Gasteiger partial charge is 0.242 e. The van der Waals surface area contributed by atoms with Gasteiger partial charge in [-0.1, -0.05) is 42.3 Å². The molecule has 0 saturated carbocycles. The van der Waals surface area contributed by atoms with Crippen LogP contribution in [0.1, 0.15) is 25.3 Å². The minimum Gasteiger partial charge on any atom is -0.396 e. The fourth-order valence-corrected chi connectivity index (χ4v) is 5.40. The Balaban J connectivity index is 1.87. The number of nitriles is 1. The molecule has 0 radical (unpaired) electrons. The van der Waals surface area contributed by atoms with Crippen molar-refractivity contribution in [3.8, 4) is 6.07 Å². The normalized spacial score (nSPS) is 15.6. The van der Waals surface area contributed by atoms with Crippen LogP contribution in [0.25, 0.3) is 0 Å². The molecule has 1 saturated heterocycles. The number of rotatable bonds is 7. The third-order valence-corrected chi connectivity index (χ3v) is 7.67. The number of likely N-dealkylation sites (tertiary alicyclic amines) is 1. The molecule has 4 N–H and O–H groups in total. The van der Waals surface area contributed by atoms with Crippen LogP contribution in [0.2, 0.25) is 10.0 Å². The minimum absolute atomic E-state index is 0.00292. The third-order valence-electron chi connectivity index (χ3n) is 5.60. The number of nitrogen functional groups attached to an aromatic ring is 1. The summed E-state index contributed by atoms with van der Waals surface area (Å²) in [5.41, 5.74) is 6.67. The molecule has 33 heavy (non-hydrogen) atoms. The van der Waals surface area contributed by atoms with Gasteiger partial charge in [-0.15, -0.1) is 0 Å². The number of nitrogens with zero attached hydrogens (tertiary/aromatic N) is 2. The lowest BCUT2D eigenvalue weighted by molar-refractivity contribution is -0.134. The summed E-state index contributed by atoms with van der Waals surface area (Å²) >= 11 is 12.0. The van der Waals surface area contributed by atoms with Gasteiger partial charge in [0.2, 0.25) is 15.9 Å². The molecular formula is C22H25Cl2N5O3S. The van der Waals surface area contributed by atoms with Gasteiger partial charge in [-0.2, -0.15) is 9.98 Å². The molecule has 1 aliphatic heterocycles. The molecule has 3 rings (SSSR count). The summed E-state index contributed by atoms with van der Waals surface area (Å²) in [5.74, 6) is 0.156. The van der Waals surface area contributed by atoms with E-state index in [0.717, 1.165) is 12.8 Å². The average molecular weight is 510 g/mol. The van der Waals surface area contributed by atoms with Crippen molar-refractivity contribution in [2.75, 3.05) is 30.7 Å². The molecule has 1 unspecified atom stereocenters. The zero-order valence-electron chi connectivity index (χ0n) is 18.0. The Bertz CT molecular complexity index is 1150. The maximum Gasteiger partial charge on any atom is 0.242 e. The number of nitrogens with two attached hydrogens (primary N) is 1. The molecule has 2 aromatic rings. The van der Waals surface area contributed by atoms with Gasteiger partial charge in [0.25, 0.3) is 0 Å². The summed E-state index contributed by atoms with van der Waals surface area (Å²) in [4.78, 5) is 14.8. The Morgan fingerprint density at radius 3 is 2.45 bits per heavy atom. The van der Waals surface area contributed by atoms with Crippen LogP contribution < -0.4 is 15.8 Å². The number of halogens is 2. The van der Waals surface area contributed by atoms with Crippen LogP contribution in [-0.2, 0) is 14.8 Å². The Hall–Kier alpha value is -2.51. The number of para-hydroxylation sites is 1. The van der Waals surface area contributed by atoms with E-state index in [0.29, 0.717) is 30.3 Å². The molecule has 0 bridgehead atoms. The summed E-state index contributed by atoms with van der Waals surface area (Å²) in [6.45, 7) is 3.16. The van der Waals surface area contributed by atoms with E-state index in [1.54, 1.807) is 29.2 Å². The largest absolute Gasteiger partial charge is 0.396 e. The monoisotopic (exact) mass is 509 g/mol. The summed E-state index contributed by atoms with van der Waals surface area (Å²) < 4.78 is 28.7. The Kier molecular flexibility index (Phi) is 8.08. The quantitative estimate of drug-likeness (QED) is 0.490. The highest BCUT2D eigenvalue weighted by Gasteiger charge is 2.31. The van der Waals surface area contributed by atoms with Crippen LogP contribution in [0.3, 0.4) is 0 Å². The molecule has 1 atom stereocenters. The molecule has 11 heteroatoms. The number of hydrogen-bond donors (Lipinski definition) is 3. The molecule has 0 spiro atoms. The second kappa shape index (κ2) is 10.6. The van der Waals surface area contributed by atoms with Gasteiger partial charge in [-0.3, -0.25) is 4.79 Å². The number of hydrogen-bond acceptors (Lipinski definition) is 6. The number of nitrogens with one attached hydrogen (secondary N) is 2. The second-order valence-electron chi connectivity index (χ2n) is 8.02. The van der Waals surface area contributed by atoms with Gasteiger partial charge in [0.1, 0.15) is 12.1 Å². The molecule has 0 aliphatic carbocycles. The fraction of sp³-hybridized carbons (Fsp3) is 0.364. The summed E-state index contributed by atoms with van der Waals surface area (Å²) in [5, 5.41) is 12.3. The van der Waals surface area contributed by atoms with Crippen molar-refractivity contribution < 1.29 is 13.2 Å². The highest BCUT2D eigenvalue weighted by molar-refractivity contribution is 7.89. The first-order chi connectivity index (χ1) is 15.6. The molecule has 8 nitrogen and oxygen atoms in total. The topological polar surface area (TPSA) is 128 Å². The summed E-state index contributed by atoms with van der Waals surface area (Å²) in [6, 6.07) is 10.1. The van der Waals surface area contributed by atoms with E-state index in [4.69, 9.17) is 28.9 Å². The molecule has 1 amide bonds. The fourth-order valence-electron chi connectivity index (χ4n) is 3.55. The van der Waals surface area contributed by atoms with Gasteiger partial charge in [0.05, 0.1) is 31.9 Å². The van der Waals surface area contributed by atoms with Crippen LogP contribution in [0.4, 0.5) is 11.4 Å². The van der Waals surface area contributed by atoms with E-state index >= 15 is 0 Å². The standard InChI is InChI=1S/C22H25Cl2N5O3S/c1-14-6-8-29(9-7-14)22(30)20(13-27-19-5-3-2-4-15(19)12-25)28-33(31,32)16-10-17(23)21(26)18(24)11-16/h2-5,10-11,14,20,27-28H,6-9,13,26H2,1H3. The first-order valence-electron chi connectivity index (χ1n) is 10.4. The maximum atomic E-state index is 13.3. The molecule has 1 aliphatic rings. The average Bonchev–Trinajstić information content (AvgIpc) is 2.80. The SMILES string of the molecule is CC1CCN(C(=O)C(CNc2ccccc2C#N)NS(=O)(=O)c2cc(Cl)c(N)c(Cl)c2)CC1. The molecular weight excluding hydrogens is 485 g/mol. The van der Waals surface area contributed by atoms with Crippen molar-refractivity contribution in [2.45, 2.75) is 30.7 Å². The van der Waals surface area contributed by atoms with Crippen molar-refractivity contribution in [3.05, 3.63) is 52.0 Å². The third kappa shape index (κ3) is 6.09. The molecule has 0 aromatic heterocycles. The first kappa shape index (κ1) is 25.1. The van der Waals surface area contributed by atoms with Crippen molar-refractivity contribution >= 4 is 50.5 Å².